The molecular formula is C19H21NO3S. The van der Waals surface area contributed by atoms with Gasteiger partial charge in [-0.3, -0.25) is 4.79 Å². The number of amides is 1. The van der Waals surface area contributed by atoms with Gasteiger partial charge in [0.15, 0.2) is 11.5 Å². The molecule has 2 aliphatic rings. The van der Waals surface area contributed by atoms with Crippen LogP contribution in [0.3, 0.4) is 0 Å². The maximum absolute atomic E-state index is 12.5. The molecule has 2 atom stereocenters. The lowest BCUT2D eigenvalue weighted by Gasteiger charge is -2.38. The highest BCUT2D eigenvalue weighted by molar-refractivity contribution is 7.14. The molecular weight excluding hydrogens is 322 g/mol. The lowest BCUT2D eigenvalue weighted by Crippen LogP contribution is -2.46. The first-order chi connectivity index (χ1) is 11.7. The molecule has 5 heteroatoms. The number of benzene rings is 1. The van der Waals surface area contributed by atoms with Crippen molar-refractivity contribution in [2.45, 2.75) is 38.1 Å². The van der Waals surface area contributed by atoms with Crippen LogP contribution in [0.4, 0.5) is 0 Å². The lowest BCUT2D eigenvalue weighted by molar-refractivity contribution is 0.0919. The highest BCUT2D eigenvalue weighted by Crippen LogP contribution is 2.46. The summed E-state index contributed by atoms with van der Waals surface area (Å²) in [5.41, 5.74) is 3.73. The van der Waals surface area contributed by atoms with Crippen molar-refractivity contribution in [3.8, 4) is 11.5 Å². The molecule has 4 nitrogen and oxygen atoms in total. The molecule has 0 saturated heterocycles. The topological polar surface area (TPSA) is 47.6 Å². The van der Waals surface area contributed by atoms with Gasteiger partial charge in [0.05, 0.1) is 19.1 Å². The average molecular weight is 343 g/mol. The molecule has 24 heavy (non-hydrogen) atoms. The highest BCUT2D eigenvalue weighted by atomic mass is 32.1. The Morgan fingerprint density at radius 1 is 1.17 bits per heavy atom. The number of nitrogens with one attached hydrogen (secondary N) is 1. The van der Waals surface area contributed by atoms with Crippen LogP contribution >= 0.6 is 11.3 Å². The second-order valence-electron chi connectivity index (χ2n) is 6.35. The summed E-state index contributed by atoms with van der Waals surface area (Å²) in [6, 6.07) is 6.57. The molecule has 1 amide bonds. The third-order valence-corrected chi connectivity index (χ3v) is 6.42. The summed E-state index contributed by atoms with van der Waals surface area (Å²) in [5.74, 6) is 1.81. The van der Waals surface area contributed by atoms with Crippen LogP contribution in [-0.2, 0) is 12.8 Å². The number of hydrogen-bond donors (Lipinski definition) is 1. The van der Waals surface area contributed by atoms with Gasteiger partial charge in [-0.1, -0.05) is 6.92 Å². The van der Waals surface area contributed by atoms with E-state index in [-0.39, 0.29) is 17.9 Å². The van der Waals surface area contributed by atoms with Crippen molar-refractivity contribution in [2.75, 3.05) is 14.2 Å². The summed E-state index contributed by atoms with van der Waals surface area (Å²) < 4.78 is 11.0. The first kappa shape index (κ1) is 15.5. The second-order valence-corrected chi connectivity index (χ2v) is 7.49. The van der Waals surface area contributed by atoms with Crippen LogP contribution in [0.1, 0.15) is 50.5 Å². The van der Waals surface area contributed by atoms with Crippen LogP contribution in [-0.4, -0.2) is 26.2 Å². The number of fused-ring (bicyclic) bond motifs is 5. The molecule has 2 heterocycles. The molecule has 0 bridgehead atoms. The zero-order valence-corrected chi connectivity index (χ0v) is 15.0. The predicted octanol–water partition coefficient (Wildman–Crippen LogP) is 3.52. The van der Waals surface area contributed by atoms with E-state index in [0.717, 1.165) is 35.6 Å². The van der Waals surface area contributed by atoms with E-state index in [1.54, 1.807) is 25.6 Å². The Morgan fingerprint density at radius 3 is 2.62 bits per heavy atom. The van der Waals surface area contributed by atoms with Crippen LogP contribution in [0, 0.1) is 0 Å². The smallest absolute Gasteiger partial charge is 0.261 e. The first-order valence-corrected chi connectivity index (χ1v) is 9.16. The molecule has 126 valence electrons. The Morgan fingerprint density at radius 2 is 1.92 bits per heavy atom. The minimum Gasteiger partial charge on any atom is -0.493 e. The van der Waals surface area contributed by atoms with Gasteiger partial charge in [0.25, 0.3) is 5.91 Å². The van der Waals surface area contributed by atoms with Gasteiger partial charge in [-0.25, -0.2) is 0 Å². The van der Waals surface area contributed by atoms with Crippen LogP contribution < -0.4 is 14.8 Å². The van der Waals surface area contributed by atoms with E-state index >= 15 is 0 Å². The second kappa shape index (κ2) is 5.81. The van der Waals surface area contributed by atoms with Gasteiger partial charge in [-0.15, -0.1) is 11.3 Å². The highest BCUT2D eigenvalue weighted by Gasteiger charge is 2.40. The zero-order valence-electron chi connectivity index (χ0n) is 14.1. The van der Waals surface area contributed by atoms with Gasteiger partial charge in [-0.05, 0) is 54.2 Å². The molecule has 1 N–H and O–H groups in total. The molecule has 0 fully saturated rings. The van der Waals surface area contributed by atoms with Crippen molar-refractivity contribution in [3.05, 3.63) is 44.6 Å². The van der Waals surface area contributed by atoms with E-state index in [9.17, 15) is 4.79 Å². The van der Waals surface area contributed by atoms with Crippen LogP contribution in [0.5, 0.6) is 11.5 Å². The summed E-state index contributed by atoms with van der Waals surface area (Å²) in [7, 11) is 3.33. The number of carbonyl (C=O) groups is 1. The molecule has 1 aromatic carbocycles. The van der Waals surface area contributed by atoms with Gasteiger partial charge < -0.3 is 14.8 Å². The SMILES string of the molecule is CCc1cc2c(s1)C(=O)NC1CCc3cc(OC)c(OC)cc3C21. The minimum atomic E-state index is 0.0832. The van der Waals surface area contributed by atoms with E-state index in [2.05, 4.69) is 30.4 Å². The van der Waals surface area contributed by atoms with Crippen molar-refractivity contribution in [1.82, 2.24) is 5.32 Å². The van der Waals surface area contributed by atoms with Crippen LogP contribution in [0.25, 0.3) is 0 Å². The maximum Gasteiger partial charge on any atom is 0.261 e. The average Bonchev–Trinajstić information content (AvgIpc) is 3.05. The number of rotatable bonds is 3. The summed E-state index contributed by atoms with van der Waals surface area (Å²) >= 11 is 1.62. The molecule has 4 rings (SSSR count). The monoisotopic (exact) mass is 343 g/mol. The molecule has 1 aromatic heterocycles. The van der Waals surface area contributed by atoms with E-state index in [1.165, 1.54) is 21.6 Å². The fourth-order valence-electron chi connectivity index (χ4n) is 3.95. The van der Waals surface area contributed by atoms with Crippen molar-refractivity contribution in [2.24, 2.45) is 0 Å². The zero-order chi connectivity index (χ0) is 16.8. The van der Waals surface area contributed by atoms with E-state index in [4.69, 9.17) is 9.47 Å². The fraction of sp³-hybridized carbons (Fsp3) is 0.421. The number of thiophene rings is 1. The van der Waals surface area contributed by atoms with Crippen molar-refractivity contribution >= 4 is 17.2 Å². The molecule has 2 unspecified atom stereocenters. The fourth-order valence-corrected chi connectivity index (χ4v) is 5.00. The predicted molar refractivity (Wildman–Crippen MR) is 94.7 cm³/mol. The molecule has 2 aromatic rings. The largest absolute Gasteiger partial charge is 0.493 e. The van der Waals surface area contributed by atoms with Crippen molar-refractivity contribution < 1.29 is 14.3 Å². The molecule has 0 radical (unpaired) electrons. The third-order valence-electron chi connectivity index (χ3n) is 5.13. The first-order valence-electron chi connectivity index (χ1n) is 8.34. The van der Waals surface area contributed by atoms with Gasteiger partial charge in [-0.2, -0.15) is 0 Å². The number of hydrogen-bond acceptors (Lipinski definition) is 4. The minimum absolute atomic E-state index is 0.0832. The van der Waals surface area contributed by atoms with E-state index in [1.807, 2.05) is 0 Å². The maximum atomic E-state index is 12.5. The molecule has 0 saturated carbocycles. The van der Waals surface area contributed by atoms with Crippen molar-refractivity contribution in [1.29, 1.82) is 0 Å². The van der Waals surface area contributed by atoms with Gasteiger partial charge in [0.2, 0.25) is 0 Å². The quantitative estimate of drug-likeness (QED) is 0.928. The lowest BCUT2D eigenvalue weighted by atomic mass is 9.73. The summed E-state index contributed by atoms with van der Waals surface area (Å²) in [4.78, 5) is 14.6. The van der Waals surface area contributed by atoms with Crippen LogP contribution in [0.15, 0.2) is 18.2 Å². The number of aryl methyl sites for hydroxylation is 2. The van der Waals surface area contributed by atoms with Gasteiger partial charge in [0.1, 0.15) is 0 Å². The van der Waals surface area contributed by atoms with Crippen molar-refractivity contribution in [3.63, 3.8) is 0 Å². The standard InChI is InChI=1S/C19H21NO3S/c1-4-11-8-13-17-12-9-16(23-3)15(22-2)7-10(12)5-6-14(17)20-19(21)18(13)24-11/h7-9,14,17H,4-6H2,1-3H3,(H,20,21). The van der Waals surface area contributed by atoms with Crippen LogP contribution in [0.2, 0.25) is 0 Å². The Kier molecular flexibility index (Phi) is 3.76. The van der Waals surface area contributed by atoms with E-state index in [0.29, 0.717) is 0 Å². The third kappa shape index (κ3) is 2.22. The molecule has 1 aliphatic carbocycles. The number of methoxy groups -OCH3 is 2. The normalized spacial score (nSPS) is 21.4. The summed E-state index contributed by atoms with van der Waals surface area (Å²) in [6.45, 7) is 2.13. The number of ether oxygens (including phenoxy) is 2. The van der Waals surface area contributed by atoms with Gasteiger partial charge >= 0.3 is 0 Å². The molecule has 0 spiro atoms. The molecule has 1 aliphatic heterocycles. The Hall–Kier alpha value is -2.01. The van der Waals surface area contributed by atoms with E-state index < -0.39 is 0 Å². The van der Waals surface area contributed by atoms with Gasteiger partial charge in [0, 0.05) is 16.8 Å². The summed E-state index contributed by atoms with van der Waals surface area (Å²) in [5, 5.41) is 3.22. The Bertz CT molecular complexity index is 811. The Labute approximate surface area is 145 Å². The summed E-state index contributed by atoms with van der Waals surface area (Å²) in [6.07, 6.45) is 2.86. The Balaban J connectivity index is 1.89. The number of carbonyl (C=O) groups excluding carboxylic acids is 1.